The highest BCUT2D eigenvalue weighted by Crippen LogP contribution is 2.01. The van der Waals surface area contributed by atoms with Crippen LogP contribution in [0.15, 0.2) is 12.3 Å². The predicted octanol–water partition coefficient (Wildman–Crippen LogP) is 0.589. The molecule has 0 saturated heterocycles. The summed E-state index contributed by atoms with van der Waals surface area (Å²) in [6.07, 6.45) is 1.48. The number of carbonyl (C=O) groups is 1. The molecule has 1 rings (SSSR count). The number of aromatic nitrogens is 2. The van der Waals surface area contributed by atoms with E-state index in [0.29, 0.717) is 5.82 Å². The Kier molecular flexibility index (Phi) is 3.22. The van der Waals surface area contributed by atoms with Crippen LogP contribution in [0.4, 0.5) is 16.6 Å². The van der Waals surface area contributed by atoms with E-state index in [2.05, 4.69) is 20.6 Å². The summed E-state index contributed by atoms with van der Waals surface area (Å²) in [5.74, 6) is 0.517. The van der Waals surface area contributed by atoms with Gasteiger partial charge in [0.15, 0.2) is 0 Å². The van der Waals surface area contributed by atoms with Gasteiger partial charge >= 0.3 is 6.03 Å². The number of urea groups is 1. The molecule has 0 radical (unpaired) electrons. The molecule has 0 saturated carbocycles. The zero-order chi connectivity index (χ0) is 10.6. The third-order valence-electron chi connectivity index (χ3n) is 1.34. The first-order valence-corrected chi connectivity index (χ1v) is 4.24. The minimum Gasteiger partial charge on any atom is -0.368 e. The van der Waals surface area contributed by atoms with Gasteiger partial charge < -0.3 is 11.1 Å². The molecule has 0 atom stereocenters. The summed E-state index contributed by atoms with van der Waals surface area (Å²) in [5.41, 5.74) is 5.34. The first-order valence-electron chi connectivity index (χ1n) is 4.24. The smallest absolute Gasteiger partial charge is 0.320 e. The van der Waals surface area contributed by atoms with Crippen LogP contribution in [0.3, 0.4) is 0 Å². The van der Waals surface area contributed by atoms with Crippen LogP contribution in [0.5, 0.6) is 0 Å². The van der Waals surface area contributed by atoms with Gasteiger partial charge in [0.2, 0.25) is 5.95 Å². The number of nitrogens with two attached hydrogens (primary N) is 1. The molecule has 0 aliphatic carbocycles. The minimum absolute atomic E-state index is 0.0779. The van der Waals surface area contributed by atoms with Crippen molar-refractivity contribution in [2.75, 3.05) is 11.1 Å². The van der Waals surface area contributed by atoms with Gasteiger partial charge in [0, 0.05) is 12.2 Å². The first-order chi connectivity index (χ1) is 6.58. The zero-order valence-corrected chi connectivity index (χ0v) is 8.11. The van der Waals surface area contributed by atoms with Crippen LogP contribution >= 0.6 is 0 Å². The van der Waals surface area contributed by atoms with E-state index < -0.39 is 0 Å². The summed E-state index contributed by atoms with van der Waals surface area (Å²) in [6.45, 7) is 3.74. The molecule has 2 amide bonds. The average Bonchev–Trinajstić information content (AvgIpc) is 2.01. The van der Waals surface area contributed by atoms with E-state index in [-0.39, 0.29) is 18.0 Å². The Labute approximate surface area is 81.9 Å². The third kappa shape index (κ3) is 3.26. The average molecular weight is 195 g/mol. The lowest BCUT2D eigenvalue weighted by Gasteiger charge is -2.09. The highest BCUT2D eigenvalue weighted by Gasteiger charge is 2.03. The van der Waals surface area contributed by atoms with Gasteiger partial charge in [-0.05, 0) is 19.9 Å². The molecular weight excluding hydrogens is 182 g/mol. The van der Waals surface area contributed by atoms with Gasteiger partial charge in [0.1, 0.15) is 5.82 Å². The van der Waals surface area contributed by atoms with Crippen molar-refractivity contribution in [3.63, 3.8) is 0 Å². The van der Waals surface area contributed by atoms with Crippen molar-refractivity contribution in [1.29, 1.82) is 0 Å². The predicted molar refractivity (Wildman–Crippen MR) is 53.7 cm³/mol. The van der Waals surface area contributed by atoms with Gasteiger partial charge in [-0.15, -0.1) is 0 Å². The molecule has 1 heterocycles. The SMILES string of the molecule is CC(C)NC(=O)Nc1ccnc(N)n1. The minimum atomic E-state index is -0.307. The van der Waals surface area contributed by atoms with Gasteiger partial charge in [-0.1, -0.05) is 0 Å². The number of nitrogen functional groups attached to an aromatic ring is 1. The van der Waals surface area contributed by atoms with E-state index in [1.807, 2.05) is 13.8 Å². The number of nitrogens with one attached hydrogen (secondary N) is 2. The number of amides is 2. The fourth-order valence-electron chi connectivity index (χ4n) is 0.858. The second kappa shape index (κ2) is 4.40. The Bertz CT molecular complexity index is 325. The molecule has 0 aliphatic rings. The third-order valence-corrected chi connectivity index (χ3v) is 1.34. The Morgan fingerprint density at radius 3 is 2.86 bits per heavy atom. The van der Waals surface area contributed by atoms with Gasteiger partial charge in [0.05, 0.1) is 0 Å². The van der Waals surface area contributed by atoms with E-state index >= 15 is 0 Å². The van der Waals surface area contributed by atoms with E-state index in [4.69, 9.17) is 5.73 Å². The highest BCUT2D eigenvalue weighted by molar-refractivity contribution is 5.88. The van der Waals surface area contributed by atoms with Gasteiger partial charge in [-0.25, -0.2) is 9.78 Å². The van der Waals surface area contributed by atoms with Crippen molar-refractivity contribution in [1.82, 2.24) is 15.3 Å². The van der Waals surface area contributed by atoms with Crippen LogP contribution in [-0.4, -0.2) is 22.0 Å². The van der Waals surface area contributed by atoms with E-state index in [1.54, 1.807) is 6.07 Å². The molecule has 1 aromatic heterocycles. The maximum absolute atomic E-state index is 11.2. The second-order valence-corrected chi connectivity index (χ2v) is 3.05. The normalized spacial score (nSPS) is 9.93. The number of nitrogens with zero attached hydrogens (tertiary/aromatic N) is 2. The highest BCUT2D eigenvalue weighted by atomic mass is 16.2. The van der Waals surface area contributed by atoms with Crippen LogP contribution in [-0.2, 0) is 0 Å². The van der Waals surface area contributed by atoms with Gasteiger partial charge in [-0.3, -0.25) is 5.32 Å². The summed E-state index contributed by atoms with van der Waals surface area (Å²) in [5, 5.41) is 5.19. The molecule has 0 unspecified atom stereocenters. The summed E-state index contributed by atoms with van der Waals surface area (Å²) in [6, 6.07) is 1.34. The summed E-state index contributed by atoms with van der Waals surface area (Å²) >= 11 is 0. The zero-order valence-electron chi connectivity index (χ0n) is 8.11. The standard InChI is InChI=1S/C8H13N5O/c1-5(2)11-8(14)13-6-3-4-10-7(9)12-6/h3-5H,1-2H3,(H4,9,10,11,12,13,14). The van der Waals surface area contributed by atoms with Crippen molar-refractivity contribution >= 4 is 17.8 Å². The number of anilines is 2. The van der Waals surface area contributed by atoms with Crippen molar-refractivity contribution < 1.29 is 4.79 Å². The molecule has 4 N–H and O–H groups in total. The molecule has 76 valence electrons. The fraction of sp³-hybridized carbons (Fsp3) is 0.375. The van der Waals surface area contributed by atoms with Crippen LogP contribution in [0.25, 0.3) is 0 Å². The van der Waals surface area contributed by atoms with Crippen LogP contribution in [0.1, 0.15) is 13.8 Å². The van der Waals surface area contributed by atoms with Crippen molar-refractivity contribution in [3.05, 3.63) is 12.3 Å². The molecule has 1 aromatic rings. The molecule has 0 aromatic carbocycles. The Hall–Kier alpha value is -1.85. The Balaban J connectivity index is 2.56. The molecule has 0 bridgehead atoms. The molecule has 6 heteroatoms. The quantitative estimate of drug-likeness (QED) is 0.643. The van der Waals surface area contributed by atoms with Gasteiger partial charge in [-0.2, -0.15) is 4.98 Å². The van der Waals surface area contributed by atoms with Crippen molar-refractivity contribution in [2.45, 2.75) is 19.9 Å². The number of hydrogen-bond acceptors (Lipinski definition) is 4. The van der Waals surface area contributed by atoms with Crippen LogP contribution in [0.2, 0.25) is 0 Å². The number of rotatable bonds is 2. The Morgan fingerprint density at radius 1 is 1.57 bits per heavy atom. The summed E-state index contributed by atoms with van der Waals surface area (Å²) in [7, 11) is 0. The topological polar surface area (TPSA) is 92.9 Å². The monoisotopic (exact) mass is 195 g/mol. The lowest BCUT2D eigenvalue weighted by Crippen LogP contribution is -2.34. The largest absolute Gasteiger partial charge is 0.368 e. The molecule has 6 nitrogen and oxygen atoms in total. The maximum Gasteiger partial charge on any atom is 0.320 e. The van der Waals surface area contributed by atoms with Crippen molar-refractivity contribution in [2.24, 2.45) is 0 Å². The molecule has 0 aliphatic heterocycles. The van der Waals surface area contributed by atoms with Crippen LogP contribution in [0, 0.1) is 0 Å². The maximum atomic E-state index is 11.2. The fourth-order valence-corrected chi connectivity index (χ4v) is 0.858. The summed E-state index contributed by atoms with van der Waals surface area (Å²) in [4.78, 5) is 18.7. The second-order valence-electron chi connectivity index (χ2n) is 3.05. The molecule has 0 fully saturated rings. The molecular formula is C8H13N5O. The van der Waals surface area contributed by atoms with Gasteiger partial charge in [0.25, 0.3) is 0 Å². The van der Waals surface area contributed by atoms with E-state index in [1.165, 1.54) is 6.20 Å². The van der Waals surface area contributed by atoms with Crippen molar-refractivity contribution in [3.8, 4) is 0 Å². The van der Waals surface area contributed by atoms with Crippen LogP contribution < -0.4 is 16.4 Å². The molecule has 14 heavy (non-hydrogen) atoms. The Morgan fingerprint density at radius 2 is 2.29 bits per heavy atom. The lowest BCUT2D eigenvalue weighted by molar-refractivity contribution is 0.250. The van der Waals surface area contributed by atoms with E-state index in [9.17, 15) is 4.79 Å². The number of carbonyl (C=O) groups excluding carboxylic acids is 1. The molecule has 0 spiro atoms. The lowest BCUT2D eigenvalue weighted by atomic mass is 10.4. The first kappa shape index (κ1) is 10.2. The van der Waals surface area contributed by atoms with E-state index in [0.717, 1.165) is 0 Å². The summed E-state index contributed by atoms with van der Waals surface area (Å²) < 4.78 is 0. The number of hydrogen-bond donors (Lipinski definition) is 3.